The summed E-state index contributed by atoms with van der Waals surface area (Å²) in [7, 11) is 0. The van der Waals surface area contributed by atoms with Crippen LogP contribution in [0.3, 0.4) is 0 Å². The summed E-state index contributed by atoms with van der Waals surface area (Å²) in [4.78, 5) is 0. The molecule has 1 aromatic carbocycles. The summed E-state index contributed by atoms with van der Waals surface area (Å²) in [5.74, 6) is 0.642. The van der Waals surface area contributed by atoms with Gasteiger partial charge in [-0.15, -0.1) is 0 Å². The molecule has 21 heavy (non-hydrogen) atoms. The maximum Gasteiger partial charge on any atom is 0.00772 e. The molecule has 1 N–H and O–H groups in total. The lowest BCUT2D eigenvalue weighted by Crippen LogP contribution is -2.44. The minimum absolute atomic E-state index is 0.477. The smallest absolute Gasteiger partial charge is 0.00772 e. The van der Waals surface area contributed by atoms with Gasteiger partial charge in [0.05, 0.1) is 0 Å². The third kappa shape index (κ3) is 5.14. The van der Waals surface area contributed by atoms with Crippen LogP contribution in [0.1, 0.15) is 71.8 Å². The van der Waals surface area contributed by atoms with Gasteiger partial charge < -0.3 is 5.32 Å². The molecule has 1 nitrogen and oxygen atoms in total. The van der Waals surface area contributed by atoms with Crippen LogP contribution in [0, 0.1) is 10.8 Å². The van der Waals surface area contributed by atoms with Crippen molar-refractivity contribution in [1.82, 2.24) is 5.32 Å². The fourth-order valence-corrected chi connectivity index (χ4v) is 4.44. The monoisotopic (exact) mass is 287 g/mol. The minimum atomic E-state index is 0.477. The van der Waals surface area contributed by atoms with Gasteiger partial charge in [0.2, 0.25) is 0 Å². The second kappa shape index (κ2) is 6.52. The van der Waals surface area contributed by atoms with Gasteiger partial charge in [-0.3, -0.25) is 0 Å². The molecular formula is C20H33N. The standard InChI is InChI=1S/C20H33N/c1-16(17-9-7-6-8-10-17)11-12-21-18-13-19(2,3)15-20(4,5)14-18/h6-10,16,18,21H,11-15H2,1-5H3. The first kappa shape index (κ1) is 16.5. The van der Waals surface area contributed by atoms with Gasteiger partial charge in [-0.05, 0) is 54.5 Å². The van der Waals surface area contributed by atoms with Crippen molar-refractivity contribution in [3.8, 4) is 0 Å². The van der Waals surface area contributed by atoms with E-state index in [-0.39, 0.29) is 0 Å². The summed E-state index contributed by atoms with van der Waals surface area (Å²) in [6.07, 6.45) is 5.20. The van der Waals surface area contributed by atoms with Crippen LogP contribution in [0.4, 0.5) is 0 Å². The van der Waals surface area contributed by atoms with E-state index < -0.39 is 0 Å². The number of nitrogens with one attached hydrogen (secondary N) is 1. The van der Waals surface area contributed by atoms with E-state index in [0.717, 1.165) is 6.54 Å². The van der Waals surface area contributed by atoms with Crippen molar-refractivity contribution in [2.45, 2.75) is 72.3 Å². The molecule has 0 bridgehead atoms. The van der Waals surface area contributed by atoms with Crippen LogP contribution in [0.25, 0.3) is 0 Å². The molecule has 0 saturated heterocycles. The highest BCUT2D eigenvalue weighted by Gasteiger charge is 2.37. The summed E-state index contributed by atoms with van der Waals surface area (Å²) in [6.45, 7) is 13.2. The topological polar surface area (TPSA) is 12.0 Å². The first-order valence-corrected chi connectivity index (χ1v) is 8.56. The van der Waals surface area contributed by atoms with Gasteiger partial charge in [-0.2, -0.15) is 0 Å². The van der Waals surface area contributed by atoms with Crippen LogP contribution in [0.5, 0.6) is 0 Å². The maximum atomic E-state index is 3.83. The van der Waals surface area contributed by atoms with E-state index >= 15 is 0 Å². The van der Waals surface area contributed by atoms with Crippen LogP contribution < -0.4 is 5.32 Å². The molecule has 0 heterocycles. The van der Waals surface area contributed by atoms with Crippen LogP contribution in [0.2, 0.25) is 0 Å². The molecule has 1 aromatic rings. The summed E-state index contributed by atoms with van der Waals surface area (Å²) < 4.78 is 0. The zero-order valence-corrected chi connectivity index (χ0v) is 14.6. The lowest BCUT2D eigenvalue weighted by atomic mass is 9.63. The molecule has 0 amide bonds. The van der Waals surface area contributed by atoms with E-state index in [9.17, 15) is 0 Å². The SMILES string of the molecule is CC(CCNC1CC(C)(C)CC(C)(C)C1)c1ccccc1. The van der Waals surface area contributed by atoms with Crippen molar-refractivity contribution >= 4 is 0 Å². The van der Waals surface area contributed by atoms with E-state index in [1.165, 1.54) is 31.2 Å². The largest absolute Gasteiger partial charge is 0.314 e. The Kier molecular flexibility index (Phi) is 5.14. The van der Waals surface area contributed by atoms with E-state index in [4.69, 9.17) is 0 Å². The summed E-state index contributed by atoms with van der Waals surface area (Å²) in [5, 5.41) is 3.83. The summed E-state index contributed by atoms with van der Waals surface area (Å²) >= 11 is 0. The number of hydrogen-bond acceptors (Lipinski definition) is 1. The molecule has 2 rings (SSSR count). The van der Waals surface area contributed by atoms with Crippen LogP contribution in [-0.4, -0.2) is 12.6 Å². The summed E-state index contributed by atoms with van der Waals surface area (Å²) in [6, 6.07) is 11.6. The van der Waals surface area contributed by atoms with Crippen LogP contribution in [-0.2, 0) is 0 Å². The van der Waals surface area contributed by atoms with Crippen molar-refractivity contribution in [3.05, 3.63) is 35.9 Å². The van der Waals surface area contributed by atoms with Gasteiger partial charge in [0.25, 0.3) is 0 Å². The zero-order chi connectivity index (χ0) is 15.5. The van der Waals surface area contributed by atoms with Gasteiger partial charge in [0, 0.05) is 6.04 Å². The Bertz CT molecular complexity index is 416. The average Bonchev–Trinajstić information content (AvgIpc) is 2.36. The predicted octanol–water partition coefficient (Wildman–Crippen LogP) is 5.37. The predicted molar refractivity (Wildman–Crippen MR) is 92.7 cm³/mol. The Balaban J connectivity index is 1.80. The molecule has 1 saturated carbocycles. The Labute approximate surface area is 131 Å². The van der Waals surface area contributed by atoms with Crippen molar-refractivity contribution in [2.24, 2.45) is 10.8 Å². The third-order valence-corrected chi connectivity index (χ3v) is 4.93. The molecule has 1 unspecified atom stereocenters. The van der Waals surface area contributed by atoms with E-state index in [0.29, 0.717) is 22.8 Å². The van der Waals surface area contributed by atoms with Gasteiger partial charge in [-0.25, -0.2) is 0 Å². The molecule has 1 fully saturated rings. The highest BCUT2D eigenvalue weighted by Crippen LogP contribution is 2.45. The number of hydrogen-bond donors (Lipinski definition) is 1. The third-order valence-electron chi connectivity index (χ3n) is 4.93. The molecular weight excluding hydrogens is 254 g/mol. The number of rotatable bonds is 5. The quantitative estimate of drug-likeness (QED) is 0.767. The van der Waals surface area contributed by atoms with E-state index in [2.05, 4.69) is 70.3 Å². The van der Waals surface area contributed by atoms with Crippen LogP contribution >= 0.6 is 0 Å². The lowest BCUT2D eigenvalue weighted by Gasteiger charge is -2.45. The zero-order valence-electron chi connectivity index (χ0n) is 14.6. The Hall–Kier alpha value is -0.820. The second-order valence-corrected chi connectivity index (χ2v) is 8.66. The molecule has 0 aliphatic heterocycles. The van der Waals surface area contributed by atoms with Gasteiger partial charge in [0.15, 0.2) is 0 Å². The molecule has 0 spiro atoms. The van der Waals surface area contributed by atoms with Crippen molar-refractivity contribution in [1.29, 1.82) is 0 Å². The fraction of sp³-hybridized carbons (Fsp3) is 0.700. The average molecular weight is 287 g/mol. The lowest BCUT2D eigenvalue weighted by molar-refractivity contribution is 0.0850. The molecule has 118 valence electrons. The van der Waals surface area contributed by atoms with Crippen molar-refractivity contribution in [2.75, 3.05) is 6.54 Å². The molecule has 1 atom stereocenters. The van der Waals surface area contributed by atoms with Crippen molar-refractivity contribution in [3.63, 3.8) is 0 Å². The Morgan fingerprint density at radius 1 is 1.05 bits per heavy atom. The summed E-state index contributed by atoms with van der Waals surface area (Å²) in [5.41, 5.74) is 2.41. The molecule has 1 heteroatoms. The maximum absolute atomic E-state index is 3.83. The molecule has 1 aliphatic carbocycles. The second-order valence-electron chi connectivity index (χ2n) is 8.66. The number of benzene rings is 1. The first-order chi connectivity index (χ1) is 9.77. The van der Waals surface area contributed by atoms with Gasteiger partial charge >= 0.3 is 0 Å². The highest BCUT2D eigenvalue weighted by molar-refractivity contribution is 5.18. The van der Waals surface area contributed by atoms with Crippen LogP contribution in [0.15, 0.2) is 30.3 Å². The first-order valence-electron chi connectivity index (χ1n) is 8.56. The van der Waals surface area contributed by atoms with E-state index in [1.807, 2.05) is 0 Å². The van der Waals surface area contributed by atoms with Gasteiger partial charge in [-0.1, -0.05) is 65.0 Å². The van der Waals surface area contributed by atoms with Gasteiger partial charge in [0.1, 0.15) is 0 Å². The Morgan fingerprint density at radius 3 is 2.19 bits per heavy atom. The molecule has 0 radical (unpaired) electrons. The highest BCUT2D eigenvalue weighted by atomic mass is 14.9. The fourth-order valence-electron chi connectivity index (χ4n) is 4.44. The minimum Gasteiger partial charge on any atom is -0.314 e. The van der Waals surface area contributed by atoms with Crippen molar-refractivity contribution < 1.29 is 0 Å². The Morgan fingerprint density at radius 2 is 1.62 bits per heavy atom. The van der Waals surface area contributed by atoms with E-state index in [1.54, 1.807) is 0 Å². The normalized spacial score (nSPS) is 22.9. The molecule has 0 aromatic heterocycles. The molecule has 1 aliphatic rings.